The van der Waals surface area contributed by atoms with Crippen LogP contribution in [0, 0.1) is 6.92 Å². The average molecular weight is 472 g/mol. The van der Waals surface area contributed by atoms with Gasteiger partial charge in [-0.15, -0.1) is 0 Å². The molecule has 3 aromatic carbocycles. The molecule has 0 N–H and O–H groups in total. The van der Waals surface area contributed by atoms with E-state index in [0.29, 0.717) is 48.1 Å². The molecular weight excluding hydrogens is 442 g/mol. The summed E-state index contributed by atoms with van der Waals surface area (Å²) in [6.45, 7) is 6.23. The van der Waals surface area contributed by atoms with Crippen LogP contribution in [-0.2, 0) is 13.0 Å². The Morgan fingerprint density at radius 1 is 0.971 bits per heavy atom. The zero-order valence-corrected chi connectivity index (χ0v) is 20.1. The van der Waals surface area contributed by atoms with Gasteiger partial charge in [-0.1, -0.05) is 42.5 Å². The van der Waals surface area contributed by atoms with Gasteiger partial charge in [-0.25, -0.2) is 0 Å². The van der Waals surface area contributed by atoms with Crippen molar-refractivity contribution >= 4 is 11.0 Å². The molecule has 1 aliphatic heterocycles. The maximum absolute atomic E-state index is 13.4. The Morgan fingerprint density at radius 2 is 1.74 bits per heavy atom. The van der Waals surface area contributed by atoms with Gasteiger partial charge in [0, 0.05) is 13.1 Å². The lowest BCUT2D eigenvalue weighted by Gasteiger charge is -2.29. The first kappa shape index (κ1) is 23.0. The zero-order chi connectivity index (χ0) is 24.2. The molecule has 0 aliphatic carbocycles. The molecule has 0 amide bonds. The van der Waals surface area contributed by atoms with Crippen LogP contribution in [0.1, 0.15) is 30.2 Å². The van der Waals surface area contributed by atoms with Crippen molar-refractivity contribution in [2.75, 3.05) is 19.9 Å². The Hall–Kier alpha value is -3.77. The van der Waals surface area contributed by atoms with Crippen LogP contribution >= 0.6 is 0 Å². The minimum atomic E-state index is -0.209. The minimum Gasteiger partial charge on any atom is -0.490 e. The molecule has 1 aliphatic rings. The molecule has 0 fully saturated rings. The largest absolute Gasteiger partial charge is 0.490 e. The molecule has 35 heavy (non-hydrogen) atoms. The van der Waals surface area contributed by atoms with Crippen molar-refractivity contribution in [3.8, 4) is 23.0 Å². The molecule has 6 nitrogen and oxygen atoms in total. The Balaban J connectivity index is 1.40. The number of aryl methyl sites for hydroxylation is 2. The maximum atomic E-state index is 13.4. The lowest BCUT2D eigenvalue weighted by Crippen LogP contribution is -2.33. The molecule has 0 radical (unpaired) electrons. The first-order valence-electron chi connectivity index (χ1n) is 12.0. The Morgan fingerprint density at radius 3 is 2.54 bits per heavy atom. The van der Waals surface area contributed by atoms with E-state index in [2.05, 4.69) is 29.2 Å². The van der Waals surface area contributed by atoms with E-state index in [4.69, 9.17) is 18.6 Å². The highest BCUT2D eigenvalue weighted by Crippen LogP contribution is 2.36. The lowest BCUT2D eigenvalue weighted by molar-refractivity contribution is 0.0946. The van der Waals surface area contributed by atoms with Crippen LogP contribution in [0.25, 0.3) is 11.0 Å². The van der Waals surface area contributed by atoms with Crippen molar-refractivity contribution < 1.29 is 18.6 Å². The van der Waals surface area contributed by atoms with Gasteiger partial charge in [0.05, 0.1) is 17.6 Å². The maximum Gasteiger partial charge on any atom is 0.235 e. The lowest BCUT2D eigenvalue weighted by atomic mass is 10.1. The number of nitrogens with zero attached hydrogens (tertiary/aromatic N) is 1. The second kappa shape index (κ2) is 10.2. The highest BCUT2D eigenvalue weighted by molar-refractivity contribution is 5.83. The minimum absolute atomic E-state index is 0.168. The molecule has 0 spiro atoms. The summed E-state index contributed by atoms with van der Waals surface area (Å²) in [7, 11) is 0. The third-order valence-corrected chi connectivity index (χ3v) is 6.17. The molecule has 0 atom stereocenters. The number of hydrogen-bond acceptors (Lipinski definition) is 6. The highest BCUT2D eigenvalue weighted by Gasteiger charge is 2.24. The summed E-state index contributed by atoms with van der Waals surface area (Å²) < 4.78 is 23.9. The van der Waals surface area contributed by atoms with Crippen LogP contribution in [0.15, 0.2) is 75.9 Å². The van der Waals surface area contributed by atoms with Crippen molar-refractivity contribution in [1.29, 1.82) is 0 Å². The zero-order valence-electron chi connectivity index (χ0n) is 20.1. The molecule has 0 bridgehead atoms. The summed E-state index contributed by atoms with van der Waals surface area (Å²) in [6, 6.07) is 21.4. The summed E-state index contributed by atoms with van der Waals surface area (Å²) >= 11 is 0. The van der Waals surface area contributed by atoms with Crippen molar-refractivity contribution in [2.45, 2.75) is 33.2 Å². The number of hydrogen-bond donors (Lipinski definition) is 0. The number of para-hydroxylation sites is 2. The van der Waals surface area contributed by atoms with Crippen molar-refractivity contribution in [2.24, 2.45) is 0 Å². The first-order valence-corrected chi connectivity index (χ1v) is 12.0. The topological polar surface area (TPSA) is 61.1 Å². The smallest absolute Gasteiger partial charge is 0.235 e. The van der Waals surface area contributed by atoms with Crippen LogP contribution in [0.5, 0.6) is 23.0 Å². The van der Waals surface area contributed by atoms with Gasteiger partial charge >= 0.3 is 0 Å². The molecule has 0 unspecified atom stereocenters. The number of benzene rings is 3. The summed E-state index contributed by atoms with van der Waals surface area (Å²) in [5.41, 5.74) is 2.58. The summed E-state index contributed by atoms with van der Waals surface area (Å²) in [5.74, 6) is 2.41. The number of rotatable bonds is 8. The van der Waals surface area contributed by atoms with Crippen LogP contribution in [0.4, 0.5) is 0 Å². The predicted octanol–water partition coefficient (Wildman–Crippen LogP) is 6.08. The molecule has 2 heterocycles. The van der Waals surface area contributed by atoms with Gasteiger partial charge in [-0.2, -0.15) is 0 Å². The quantitative estimate of drug-likeness (QED) is 0.311. The number of fused-ring (bicyclic) bond motifs is 3. The van der Waals surface area contributed by atoms with Gasteiger partial charge in [0.25, 0.3) is 0 Å². The Bertz CT molecular complexity index is 1380. The molecule has 1 aromatic heterocycles. The van der Waals surface area contributed by atoms with Gasteiger partial charge in [-0.3, -0.25) is 9.69 Å². The fourth-order valence-electron chi connectivity index (χ4n) is 4.43. The van der Waals surface area contributed by atoms with E-state index in [1.54, 1.807) is 19.1 Å². The van der Waals surface area contributed by atoms with E-state index in [1.807, 2.05) is 37.3 Å². The van der Waals surface area contributed by atoms with E-state index in [1.165, 1.54) is 5.56 Å². The van der Waals surface area contributed by atoms with E-state index >= 15 is 0 Å². The summed E-state index contributed by atoms with van der Waals surface area (Å²) in [6.07, 6.45) is 2.03. The van der Waals surface area contributed by atoms with Gasteiger partial charge < -0.3 is 18.6 Å². The van der Waals surface area contributed by atoms with Crippen LogP contribution < -0.4 is 19.6 Å². The second-order valence-electron chi connectivity index (χ2n) is 8.63. The van der Waals surface area contributed by atoms with Gasteiger partial charge in [-0.05, 0) is 56.5 Å². The second-order valence-corrected chi connectivity index (χ2v) is 8.63. The molecular formula is C29H29NO5. The molecule has 0 saturated heterocycles. The average Bonchev–Trinajstić information content (AvgIpc) is 2.88. The predicted molar refractivity (Wildman–Crippen MR) is 136 cm³/mol. The van der Waals surface area contributed by atoms with Crippen molar-refractivity contribution in [3.05, 3.63) is 93.8 Å². The van der Waals surface area contributed by atoms with E-state index in [-0.39, 0.29) is 11.2 Å². The van der Waals surface area contributed by atoms with Crippen LogP contribution in [-0.4, -0.2) is 24.8 Å². The van der Waals surface area contributed by atoms with Crippen LogP contribution in [0.2, 0.25) is 0 Å². The van der Waals surface area contributed by atoms with Gasteiger partial charge in [0.2, 0.25) is 11.2 Å². The molecule has 4 aromatic rings. The summed E-state index contributed by atoms with van der Waals surface area (Å²) in [5, 5.41) is 0.480. The number of ether oxygens (including phenoxy) is 3. The Labute approximate surface area is 204 Å². The molecule has 0 saturated carbocycles. The monoisotopic (exact) mass is 471 g/mol. The fraction of sp³-hybridized carbons (Fsp3) is 0.276. The third kappa shape index (κ3) is 4.88. The Kier molecular flexibility index (Phi) is 6.73. The standard InChI is InChI=1S/C29H29NO5/c1-3-32-25-13-7-8-14-26(25)35-28-20(2)34-29-22(27(28)31)15-16-24-23(29)18-30(19-33-24)17-9-12-21-10-5-4-6-11-21/h4-8,10-11,13-16H,3,9,12,17-19H2,1-2H3. The molecule has 180 valence electrons. The van der Waals surface area contributed by atoms with Gasteiger partial charge in [0.15, 0.2) is 11.5 Å². The summed E-state index contributed by atoms with van der Waals surface area (Å²) in [4.78, 5) is 15.7. The van der Waals surface area contributed by atoms with Crippen molar-refractivity contribution in [1.82, 2.24) is 4.90 Å². The van der Waals surface area contributed by atoms with E-state index in [0.717, 1.165) is 30.7 Å². The third-order valence-electron chi connectivity index (χ3n) is 6.17. The SMILES string of the molecule is CCOc1ccccc1Oc1c(C)oc2c3c(ccc2c1=O)OCN(CCCc1ccccc1)C3. The van der Waals surface area contributed by atoms with E-state index < -0.39 is 0 Å². The normalized spacial score (nSPS) is 13.3. The van der Waals surface area contributed by atoms with Crippen molar-refractivity contribution in [3.63, 3.8) is 0 Å². The van der Waals surface area contributed by atoms with Gasteiger partial charge in [0.1, 0.15) is 23.8 Å². The van der Waals surface area contributed by atoms with E-state index in [9.17, 15) is 4.79 Å². The fourth-order valence-corrected chi connectivity index (χ4v) is 4.43. The molecule has 5 rings (SSSR count). The highest BCUT2D eigenvalue weighted by atomic mass is 16.5. The molecule has 6 heteroatoms. The van der Waals surface area contributed by atoms with Crippen LogP contribution in [0.3, 0.4) is 0 Å². The first-order chi connectivity index (χ1) is 17.1.